The van der Waals surface area contributed by atoms with E-state index in [1.54, 1.807) is 22.7 Å². The van der Waals surface area contributed by atoms with Crippen LogP contribution in [0.5, 0.6) is 0 Å². The Morgan fingerprint density at radius 1 is 1.16 bits per heavy atom. The van der Waals surface area contributed by atoms with Crippen LogP contribution in [-0.2, 0) is 0 Å². The molecule has 0 amide bonds. The van der Waals surface area contributed by atoms with E-state index in [1.165, 1.54) is 10.4 Å². The fourth-order valence-electron chi connectivity index (χ4n) is 3.44. The molecular formula is C18H23N5S2. The molecule has 1 N–H and O–H groups in total. The van der Waals surface area contributed by atoms with Crippen LogP contribution >= 0.6 is 22.7 Å². The van der Waals surface area contributed by atoms with Crippen LogP contribution in [-0.4, -0.2) is 34.1 Å². The number of nitrogens with one attached hydrogen (secondary N) is 1. The maximum absolute atomic E-state index is 4.73. The van der Waals surface area contributed by atoms with Crippen molar-refractivity contribution in [2.75, 3.05) is 18.0 Å². The lowest BCUT2D eigenvalue weighted by molar-refractivity contribution is 0.379. The highest BCUT2D eigenvalue weighted by molar-refractivity contribution is 7.16. The van der Waals surface area contributed by atoms with E-state index < -0.39 is 0 Å². The minimum absolute atomic E-state index is 0.320. The summed E-state index contributed by atoms with van der Waals surface area (Å²) in [5.41, 5.74) is 1.11. The summed E-state index contributed by atoms with van der Waals surface area (Å²) in [5, 5.41) is 10.4. The molecule has 0 radical (unpaired) electrons. The summed E-state index contributed by atoms with van der Waals surface area (Å²) >= 11 is 3.44. The van der Waals surface area contributed by atoms with Gasteiger partial charge < -0.3 is 10.2 Å². The lowest BCUT2D eigenvalue weighted by Crippen LogP contribution is -2.43. The molecule has 1 atom stereocenters. The van der Waals surface area contributed by atoms with Crippen LogP contribution in [0.3, 0.4) is 0 Å². The van der Waals surface area contributed by atoms with E-state index in [0.29, 0.717) is 12.1 Å². The van der Waals surface area contributed by atoms with Gasteiger partial charge in [0.1, 0.15) is 21.5 Å². The number of anilines is 1. The molecule has 3 aromatic rings. The highest BCUT2D eigenvalue weighted by Gasteiger charge is 2.24. The van der Waals surface area contributed by atoms with Crippen molar-refractivity contribution < 1.29 is 0 Å². The number of hydrogen-bond donors (Lipinski definition) is 1. The van der Waals surface area contributed by atoms with E-state index >= 15 is 0 Å². The zero-order valence-electron chi connectivity index (χ0n) is 14.8. The Morgan fingerprint density at radius 2 is 1.96 bits per heavy atom. The van der Waals surface area contributed by atoms with Gasteiger partial charge in [0.25, 0.3) is 0 Å². The van der Waals surface area contributed by atoms with Crippen LogP contribution in [0.1, 0.15) is 42.3 Å². The Kier molecular flexibility index (Phi) is 4.71. The molecule has 0 saturated carbocycles. The molecule has 7 heteroatoms. The summed E-state index contributed by atoms with van der Waals surface area (Å²) in [5.74, 6) is 1.96. The SMILES string of the molecule is Cc1csc([C@@H](C)NC2CCN(c3nc(C)nc4sccc34)CC2)n1. The van der Waals surface area contributed by atoms with Gasteiger partial charge in [0.2, 0.25) is 0 Å². The first-order chi connectivity index (χ1) is 12.1. The number of piperidine rings is 1. The fourth-order valence-corrected chi connectivity index (χ4v) is 5.06. The van der Waals surface area contributed by atoms with Crippen molar-refractivity contribution in [2.45, 2.75) is 45.7 Å². The minimum Gasteiger partial charge on any atom is -0.356 e. The number of nitrogens with zero attached hydrogens (tertiary/aromatic N) is 4. The van der Waals surface area contributed by atoms with Gasteiger partial charge in [-0.3, -0.25) is 0 Å². The zero-order valence-corrected chi connectivity index (χ0v) is 16.5. The number of rotatable bonds is 4. The van der Waals surface area contributed by atoms with Crippen molar-refractivity contribution in [3.63, 3.8) is 0 Å². The Balaban J connectivity index is 1.42. The molecule has 4 rings (SSSR count). The van der Waals surface area contributed by atoms with Crippen molar-refractivity contribution in [1.29, 1.82) is 0 Å². The summed E-state index contributed by atoms with van der Waals surface area (Å²) < 4.78 is 0. The molecule has 25 heavy (non-hydrogen) atoms. The van der Waals surface area contributed by atoms with Crippen molar-refractivity contribution in [3.8, 4) is 0 Å². The second-order valence-corrected chi connectivity index (χ2v) is 8.49. The van der Waals surface area contributed by atoms with E-state index in [1.807, 2.05) is 6.92 Å². The minimum atomic E-state index is 0.320. The van der Waals surface area contributed by atoms with Crippen LogP contribution in [0, 0.1) is 13.8 Å². The van der Waals surface area contributed by atoms with Gasteiger partial charge in [-0.15, -0.1) is 22.7 Å². The van der Waals surface area contributed by atoms with Crippen LogP contribution in [0.15, 0.2) is 16.8 Å². The lowest BCUT2D eigenvalue weighted by atomic mass is 10.0. The number of aromatic nitrogens is 3. The second-order valence-electron chi connectivity index (χ2n) is 6.71. The normalized spacial score (nSPS) is 17.3. The quantitative estimate of drug-likeness (QED) is 0.747. The third-order valence-electron chi connectivity index (χ3n) is 4.70. The van der Waals surface area contributed by atoms with E-state index in [0.717, 1.165) is 48.1 Å². The van der Waals surface area contributed by atoms with E-state index in [4.69, 9.17) is 4.98 Å². The predicted octanol–water partition coefficient (Wildman–Crippen LogP) is 4.08. The molecule has 4 heterocycles. The third kappa shape index (κ3) is 3.54. The zero-order chi connectivity index (χ0) is 17.4. The maximum Gasteiger partial charge on any atom is 0.141 e. The fraction of sp³-hybridized carbons (Fsp3) is 0.500. The van der Waals surface area contributed by atoms with Gasteiger partial charge in [0.05, 0.1) is 11.4 Å². The molecule has 3 aromatic heterocycles. The molecule has 0 bridgehead atoms. The van der Waals surface area contributed by atoms with Gasteiger partial charge in [0.15, 0.2) is 0 Å². The summed E-state index contributed by atoms with van der Waals surface area (Å²) in [6.45, 7) is 8.31. The lowest BCUT2D eigenvalue weighted by Gasteiger charge is -2.34. The summed E-state index contributed by atoms with van der Waals surface area (Å²) in [6.07, 6.45) is 2.26. The predicted molar refractivity (Wildman–Crippen MR) is 106 cm³/mol. The number of hydrogen-bond acceptors (Lipinski definition) is 7. The molecule has 0 aliphatic carbocycles. The Bertz CT molecular complexity index is 863. The van der Waals surface area contributed by atoms with E-state index in [9.17, 15) is 0 Å². The first-order valence-corrected chi connectivity index (χ1v) is 10.5. The van der Waals surface area contributed by atoms with Gasteiger partial charge in [-0.1, -0.05) is 0 Å². The first kappa shape index (κ1) is 16.9. The highest BCUT2D eigenvalue weighted by Crippen LogP contribution is 2.30. The summed E-state index contributed by atoms with van der Waals surface area (Å²) in [6, 6.07) is 3.00. The average Bonchev–Trinajstić information content (AvgIpc) is 3.23. The Hall–Kier alpha value is -1.57. The first-order valence-electron chi connectivity index (χ1n) is 8.75. The number of aryl methyl sites for hydroxylation is 2. The largest absolute Gasteiger partial charge is 0.356 e. The highest BCUT2D eigenvalue weighted by atomic mass is 32.1. The van der Waals surface area contributed by atoms with Crippen LogP contribution in [0.2, 0.25) is 0 Å². The van der Waals surface area contributed by atoms with Gasteiger partial charge in [-0.2, -0.15) is 0 Å². The molecule has 1 aliphatic rings. The Labute approximate surface area is 156 Å². The number of thiazole rings is 1. The van der Waals surface area contributed by atoms with Gasteiger partial charge in [-0.05, 0) is 45.1 Å². The van der Waals surface area contributed by atoms with Crippen LogP contribution in [0.25, 0.3) is 10.2 Å². The number of thiophene rings is 1. The molecule has 1 aliphatic heterocycles. The second kappa shape index (κ2) is 6.97. The monoisotopic (exact) mass is 373 g/mol. The maximum atomic E-state index is 4.73. The molecule has 5 nitrogen and oxygen atoms in total. The van der Waals surface area contributed by atoms with Gasteiger partial charge in [0, 0.05) is 30.2 Å². The standard InChI is InChI=1S/C18H23N5S2/c1-11-10-25-17(19-11)12(2)20-14-4-7-23(8-5-14)16-15-6-9-24-18(15)22-13(3)21-16/h6,9-10,12,14,20H,4-5,7-8H2,1-3H3/t12-/m1/s1. The van der Waals surface area contributed by atoms with Crippen LogP contribution < -0.4 is 10.2 Å². The summed E-state index contributed by atoms with van der Waals surface area (Å²) in [7, 11) is 0. The van der Waals surface area contributed by atoms with E-state index in [2.05, 4.69) is 50.9 Å². The van der Waals surface area contributed by atoms with Crippen molar-refractivity contribution >= 4 is 38.7 Å². The molecule has 0 spiro atoms. The third-order valence-corrected chi connectivity index (χ3v) is 6.66. The van der Waals surface area contributed by atoms with E-state index in [-0.39, 0.29) is 0 Å². The topological polar surface area (TPSA) is 53.9 Å². The smallest absolute Gasteiger partial charge is 0.141 e. The molecule has 0 aromatic carbocycles. The Morgan fingerprint density at radius 3 is 2.68 bits per heavy atom. The molecular weight excluding hydrogens is 350 g/mol. The summed E-state index contributed by atoms with van der Waals surface area (Å²) in [4.78, 5) is 17.4. The van der Waals surface area contributed by atoms with Crippen molar-refractivity contribution in [2.24, 2.45) is 0 Å². The molecule has 0 unspecified atom stereocenters. The molecule has 132 valence electrons. The van der Waals surface area contributed by atoms with Crippen molar-refractivity contribution in [3.05, 3.63) is 33.4 Å². The average molecular weight is 374 g/mol. The van der Waals surface area contributed by atoms with Crippen LogP contribution in [0.4, 0.5) is 5.82 Å². The molecule has 1 fully saturated rings. The van der Waals surface area contributed by atoms with Crippen molar-refractivity contribution in [1.82, 2.24) is 20.3 Å². The molecule has 1 saturated heterocycles. The van der Waals surface area contributed by atoms with Gasteiger partial charge >= 0.3 is 0 Å². The van der Waals surface area contributed by atoms with Gasteiger partial charge in [-0.25, -0.2) is 15.0 Å². The number of fused-ring (bicyclic) bond motifs is 1.